The number of nitrogens with zero attached hydrogens (tertiary/aromatic N) is 1. The molecule has 33 heavy (non-hydrogen) atoms. The van der Waals surface area contributed by atoms with Gasteiger partial charge in [0.15, 0.2) is 10.7 Å². The van der Waals surface area contributed by atoms with Gasteiger partial charge in [0.05, 0.1) is 12.7 Å². The van der Waals surface area contributed by atoms with E-state index in [1.807, 2.05) is 78.9 Å². The molecule has 1 heterocycles. The van der Waals surface area contributed by atoms with E-state index in [0.717, 1.165) is 27.4 Å². The van der Waals surface area contributed by atoms with Crippen molar-refractivity contribution in [2.24, 2.45) is 0 Å². The van der Waals surface area contributed by atoms with Crippen molar-refractivity contribution in [3.63, 3.8) is 0 Å². The van der Waals surface area contributed by atoms with Gasteiger partial charge in [0.25, 0.3) is 5.91 Å². The number of aromatic nitrogens is 1. The van der Waals surface area contributed by atoms with E-state index in [9.17, 15) is 4.79 Å². The van der Waals surface area contributed by atoms with E-state index in [1.165, 1.54) is 7.11 Å². The molecule has 0 aliphatic heterocycles. The Morgan fingerprint density at radius 1 is 0.939 bits per heavy atom. The molecule has 0 atom stereocenters. The number of carbonyl (C=O) groups is 1. The number of thiocarbonyl (C=S) groups is 1. The number of para-hydroxylation sites is 2. The van der Waals surface area contributed by atoms with Gasteiger partial charge in [0.1, 0.15) is 11.3 Å². The molecule has 5 rings (SSSR count). The minimum Gasteiger partial charge on any atom is -0.496 e. The minimum absolute atomic E-state index is 0.171. The minimum atomic E-state index is -0.356. The second-order valence-corrected chi connectivity index (χ2v) is 7.78. The molecule has 4 aromatic carbocycles. The Bertz CT molecular complexity index is 1480. The highest BCUT2D eigenvalue weighted by Gasteiger charge is 2.15. The Kier molecular flexibility index (Phi) is 5.46. The fourth-order valence-electron chi connectivity index (χ4n) is 3.62. The number of nitrogens with one attached hydrogen (secondary N) is 2. The summed E-state index contributed by atoms with van der Waals surface area (Å²) in [5.41, 5.74) is 3.41. The summed E-state index contributed by atoms with van der Waals surface area (Å²) in [6.07, 6.45) is 0. The van der Waals surface area contributed by atoms with Crippen molar-refractivity contribution in [3.05, 3.63) is 90.5 Å². The summed E-state index contributed by atoms with van der Waals surface area (Å²) < 4.78 is 11.3. The lowest BCUT2D eigenvalue weighted by Gasteiger charge is -2.13. The van der Waals surface area contributed by atoms with Gasteiger partial charge in [-0.3, -0.25) is 10.1 Å². The molecule has 1 amide bonds. The summed E-state index contributed by atoms with van der Waals surface area (Å²) in [4.78, 5) is 17.4. The lowest BCUT2D eigenvalue weighted by molar-refractivity contribution is 0.0975. The van der Waals surface area contributed by atoms with Crippen LogP contribution in [0.15, 0.2) is 89.3 Å². The van der Waals surface area contributed by atoms with E-state index in [4.69, 9.17) is 21.4 Å². The van der Waals surface area contributed by atoms with Gasteiger partial charge < -0.3 is 14.5 Å². The van der Waals surface area contributed by atoms with E-state index >= 15 is 0 Å². The quantitative estimate of drug-likeness (QED) is 0.336. The van der Waals surface area contributed by atoms with Gasteiger partial charge in [0.2, 0.25) is 5.89 Å². The van der Waals surface area contributed by atoms with Crippen molar-refractivity contribution in [1.82, 2.24) is 10.3 Å². The molecule has 0 unspecified atom stereocenters. The Hall–Kier alpha value is -4.23. The second kappa shape index (κ2) is 8.72. The molecule has 0 spiro atoms. The predicted octanol–water partition coefficient (Wildman–Crippen LogP) is 5.78. The van der Waals surface area contributed by atoms with Crippen LogP contribution in [0.4, 0.5) is 5.69 Å². The highest BCUT2D eigenvalue weighted by Crippen LogP contribution is 2.27. The molecule has 5 aromatic rings. The van der Waals surface area contributed by atoms with Crippen molar-refractivity contribution >= 4 is 50.8 Å². The third kappa shape index (κ3) is 4.26. The number of ether oxygens (including phenoxy) is 1. The summed E-state index contributed by atoms with van der Waals surface area (Å²) in [6.45, 7) is 0. The van der Waals surface area contributed by atoms with Crippen LogP contribution in [0, 0.1) is 0 Å². The molecule has 0 radical (unpaired) electrons. The first-order chi connectivity index (χ1) is 16.1. The topological polar surface area (TPSA) is 76.4 Å². The largest absolute Gasteiger partial charge is 0.496 e. The van der Waals surface area contributed by atoms with Crippen LogP contribution < -0.4 is 15.4 Å². The molecule has 7 heteroatoms. The molecule has 0 aliphatic carbocycles. The van der Waals surface area contributed by atoms with E-state index < -0.39 is 0 Å². The van der Waals surface area contributed by atoms with Crippen molar-refractivity contribution in [1.29, 1.82) is 0 Å². The van der Waals surface area contributed by atoms with Gasteiger partial charge in [-0.15, -0.1) is 0 Å². The smallest absolute Gasteiger partial charge is 0.261 e. The number of rotatable bonds is 4. The first-order valence-electron chi connectivity index (χ1n) is 10.3. The Morgan fingerprint density at radius 3 is 2.48 bits per heavy atom. The summed E-state index contributed by atoms with van der Waals surface area (Å²) in [6, 6.07) is 26.5. The SMILES string of the molecule is COc1cc2ccccc2cc1C(=O)NC(=S)Nc1cccc(-c2nc3ccccc3o2)c1. The van der Waals surface area contributed by atoms with Crippen molar-refractivity contribution in [2.45, 2.75) is 0 Å². The molecule has 1 aromatic heterocycles. The van der Waals surface area contributed by atoms with Crippen LogP contribution in [0.1, 0.15) is 10.4 Å². The zero-order chi connectivity index (χ0) is 22.8. The number of benzene rings is 4. The molecule has 0 aliphatic rings. The molecule has 0 saturated heterocycles. The zero-order valence-electron chi connectivity index (χ0n) is 17.7. The molecule has 0 fully saturated rings. The van der Waals surface area contributed by atoms with Crippen LogP contribution in [-0.2, 0) is 0 Å². The van der Waals surface area contributed by atoms with Gasteiger partial charge in [-0.25, -0.2) is 4.98 Å². The molecule has 0 saturated carbocycles. The van der Waals surface area contributed by atoms with Gasteiger partial charge in [0, 0.05) is 11.3 Å². The summed E-state index contributed by atoms with van der Waals surface area (Å²) in [7, 11) is 1.54. The third-order valence-electron chi connectivity index (χ3n) is 5.20. The van der Waals surface area contributed by atoms with Crippen molar-refractivity contribution in [2.75, 3.05) is 12.4 Å². The molecule has 0 bridgehead atoms. The lowest BCUT2D eigenvalue weighted by Crippen LogP contribution is -2.34. The van der Waals surface area contributed by atoms with Crippen molar-refractivity contribution in [3.8, 4) is 17.2 Å². The van der Waals surface area contributed by atoms with Crippen LogP contribution in [0.5, 0.6) is 5.75 Å². The van der Waals surface area contributed by atoms with Gasteiger partial charge in [-0.2, -0.15) is 0 Å². The number of anilines is 1. The maximum atomic E-state index is 12.9. The van der Waals surface area contributed by atoms with E-state index in [2.05, 4.69) is 15.6 Å². The van der Waals surface area contributed by atoms with Crippen LogP contribution in [-0.4, -0.2) is 23.1 Å². The first kappa shape index (κ1) is 20.7. The van der Waals surface area contributed by atoms with E-state index in [0.29, 0.717) is 22.9 Å². The maximum Gasteiger partial charge on any atom is 0.261 e. The maximum absolute atomic E-state index is 12.9. The fraction of sp³-hybridized carbons (Fsp3) is 0.0385. The van der Waals surface area contributed by atoms with Gasteiger partial charge in [-0.05, 0) is 65.5 Å². The average molecular weight is 454 g/mol. The third-order valence-corrected chi connectivity index (χ3v) is 5.40. The Labute approximate surface area is 195 Å². The monoisotopic (exact) mass is 453 g/mol. The highest BCUT2D eigenvalue weighted by atomic mass is 32.1. The number of hydrogen-bond acceptors (Lipinski definition) is 5. The number of amides is 1. The normalized spacial score (nSPS) is 10.8. The molecular formula is C26H19N3O3S. The van der Waals surface area contributed by atoms with Crippen LogP contribution in [0.3, 0.4) is 0 Å². The Morgan fingerprint density at radius 2 is 1.70 bits per heavy atom. The second-order valence-electron chi connectivity index (χ2n) is 7.38. The Balaban J connectivity index is 1.34. The number of carbonyl (C=O) groups excluding carboxylic acids is 1. The average Bonchev–Trinajstić information content (AvgIpc) is 3.27. The van der Waals surface area contributed by atoms with Gasteiger partial charge in [-0.1, -0.05) is 42.5 Å². The fourth-order valence-corrected chi connectivity index (χ4v) is 3.83. The van der Waals surface area contributed by atoms with Crippen LogP contribution in [0.25, 0.3) is 33.3 Å². The number of methoxy groups -OCH3 is 1. The zero-order valence-corrected chi connectivity index (χ0v) is 18.5. The number of hydrogen-bond donors (Lipinski definition) is 2. The van der Waals surface area contributed by atoms with Crippen LogP contribution in [0.2, 0.25) is 0 Å². The van der Waals surface area contributed by atoms with Crippen molar-refractivity contribution < 1.29 is 13.9 Å². The lowest BCUT2D eigenvalue weighted by atomic mass is 10.1. The van der Waals surface area contributed by atoms with E-state index in [-0.39, 0.29) is 11.0 Å². The number of fused-ring (bicyclic) bond motifs is 2. The highest BCUT2D eigenvalue weighted by molar-refractivity contribution is 7.80. The molecule has 162 valence electrons. The number of oxazole rings is 1. The van der Waals surface area contributed by atoms with Crippen LogP contribution >= 0.6 is 12.2 Å². The molecular weight excluding hydrogens is 434 g/mol. The standard InChI is InChI=1S/C26H19N3O3S/c1-31-23-15-17-8-3-2-7-16(17)14-20(23)24(30)29-26(33)27-19-10-6-9-18(13-19)25-28-21-11-4-5-12-22(21)32-25/h2-15H,1H3,(H2,27,29,30,33). The first-order valence-corrected chi connectivity index (χ1v) is 10.7. The molecule has 2 N–H and O–H groups in total. The summed E-state index contributed by atoms with van der Waals surface area (Å²) in [5, 5.41) is 7.88. The predicted molar refractivity (Wildman–Crippen MR) is 134 cm³/mol. The van der Waals surface area contributed by atoms with E-state index in [1.54, 1.807) is 6.07 Å². The summed E-state index contributed by atoms with van der Waals surface area (Å²) in [5.74, 6) is 0.632. The summed E-state index contributed by atoms with van der Waals surface area (Å²) >= 11 is 5.38. The molecule has 6 nitrogen and oxygen atoms in total. The van der Waals surface area contributed by atoms with Gasteiger partial charge >= 0.3 is 0 Å².